The van der Waals surface area contributed by atoms with Crippen molar-refractivity contribution in [3.63, 3.8) is 0 Å². The van der Waals surface area contributed by atoms with Crippen LogP contribution in [-0.2, 0) is 4.79 Å². The van der Waals surface area contributed by atoms with Crippen molar-refractivity contribution in [3.8, 4) is 5.75 Å². The molecular weight excluding hydrogens is 266 g/mol. The lowest BCUT2D eigenvalue weighted by atomic mass is 10.1. The summed E-state index contributed by atoms with van der Waals surface area (Å²) in [6, 6.07) is 12.0. The number of carbonyl (C=O) groups is 1. The number of halogens is 1. The monoisotopic (exact) mass is 277 g/mol. The van der Waals surface area contributed by atoms with Gasteiger partial charge in [-0.1, -0.05) is 23.7 Å². The van der Waals surface area contributed by atoms with E-state index in [4.69, 9.17) is 16.3 Å². The van der Waals surface area contributed by atoms with Gasteiger partial charge in [-0.2, -0.15) is 0 Å². The lowest BCUT2D eigenvalue weighted by Crippen LogP contribution is -2.20. The molecule has 1 aromatic heterocycles. The van der Waals surface area contributed by atoms with Crippen molar-refractivity contribution in [2.45, 2.75) is 5.92 Å². The molecule has 0 bridgehead atoms. The lowest BCUT2D eigenvalue weighted by Gasteiger charge is -2.13. The third-order valence-corrected chi connectivity index (χ3v) is 2.79. The number of nitrogens with zero attached hydrogens (tertiary/aromatic N) is 1. The first-order chi connectivity index (χ1) is 9.16. The van der Waals surface area contributed by atoms with E-state index in [-0.39, 0.29) is 6.61 Å². The van der Waals surface area contributed by atoms with Crippen LogP contribution in [-0.4, -0.2) is 22.7 Å². The molecule has 0 amide bonds. The van der Waals surface area contributed by atoms with Gasteiger partial charge >= 0.3 is 5.97 Å². The number of aliphatic carboxylic acids is 1. The van der Waals surface area contributed by atoms with Crippen LogP contribution >= 0.6 is 11.6 Å². The fraction of sp³-hybridized carbons (Fsp3) is 0.143. The van der Waals surface area contributed by atoms with Crippen LogP contribution in [0.15, 0.2) is 48.7 Å². The van der Waals surface area contributed by atoms with E-state index < -0.39 is 11.9 Å². The van der Waals surface area contributed by atoms with Gasteiger partial charge in [0.25, 0.3) is 0 Å². The zero-order valence-corrected chi connectivity index (χ0v) is 10.7. The quantitative estimate of drug-likeness (QED) is 0.913. The summed E-state index contributed by atoms with van der Waals surface area (Å²) in [7, 11) is 0. The summed E-state index contributed by atoms with van der Waals surface area (Å²) in [5.41, 5.74) is 0.469. The van der Waals surface area contributed by atoms with Gasteiger partial charge < -0.3 is 9.84 Å². The Bertz CT molecular complexity index is 560. The van der Waals surface area contributed by atoms with Gasteiger partial charge in [0, 0.05) is 11.2 Å². The molecule has 1 unspecified atom stereocenters. The Morgan fingerprint density at radius 3 is 2.79 bits per heavy atom. The maximum Gasteiger partial charge on any atom is 0.316 e. The van der Waals surface area contributed by atoms with E-state index in [1.807, 2.05) is 0 Å². The molecule has 1 atom stereocenters. The highest BCUT2D eigenvalue weighted by molar-refractivity contribution is 6.30. The SMILES string of the molecule is O=C(O)C(COc1cccc(Cl)c1)c1ccccn1. The second-order valence-corrected chi connectivity index (χ2v) is 4.35. The molecular formula is C14H12ClNO3. The lowest BCUT2D eigenvalue weighted by molar-refractivity contribution is -0.139. The highest BCUT2D eigenvalue weighted by atomic mass is 35.5. The topological polar surface area (TPSA) is 59.4 Å². The Kier molecular flexibility index (Phi) is 4.36. The van der Waals surface area contributed by atoms with Crippen molar-refractivity contribution in [2.75, 3.05) is 6.61 Å². The van der Waals surface area contributed by atoms with Gasteiger partial charge in [-0.3, -0.25) is 9.78 Å². The van der Waals surface area contributed by atoms with Crippen LogP contribution in [0.5, 0.6) is 5.75 Å². The summed E-state index contributed by atoms with van der Waals surface area (Å²) in [4.78, 5) is 15.3. The van der Waals surface area contributed by atoms with E-state index in [1.54, 1.807) is 48.7 Å². The molecule has 2 aromatic rings. The summed E-state index contributed by atoms with van der Waals surface area (Å²) in [5.74, 6) is -1.24. The Hall–Kier alpha value is -2.07. The van der Waals surface area contributed by atoms with Gasteiger partial charge in [0.2, 0.25) is 0 Å². The van der Waals surface area contributed by atoms with Crippen molar-refractivity contribution in [1.29, 1.82) is 0 Å². The molecule has 1 N–H and O–H groups in total. The van der Waals surface area contributed by atoms with Crippen molar-refractivity contribution in [3.05, 3.63) is 59.4 Å². The van der Waals surface area contributed by atoms with E-state index in [0.29, 0.717) is 16.5 Å². The Balaban J connectivity index is 2.08. The first kappa shape index (κ1) is 13.4. The van der Waals surface area contributed by atoms with Crippen LogP contribution in [0.2, 0.25) is 5.02 Å². The summed E-state index contributed by atoms with van der Waals surface area (Å²) in [6.07, 6.45) is 1.56. The van der Waals surface area contributed by atoms with Crippen LogP contribution in [0.1, 0.15) is 11.6 Å². The first-order valence-corrected chi connectivity index (χ1v) is 6.06. The van der Waals surface area contributed by atoms with Crippen LogP contribution in [0, 0.1) is 0 Å². The van der Waals surface area contributed by atoms with Crippen molar-refractivity contribution in [1.82, 2.24) is 4.98 Å². The van der Waals surface area contributed by atoms with E-state index >= 15 is 0 Å². The van der Waals surface area contributed by atoms with Gasteiger partial charge in [-0.25, -0.2) is 0 Å². The minimum Gasteiger partial charge on any atom is -0.492 e. The third kappa shape index (κ3) is 3.69. The van der Waals surface area contributed by atoms with Gasteiger partial charge in [0.15, 0.2) is 0 Å². The average Bonchev–Trinajstić information content (AvgIpc) is 2.40. The predicted molar refractivity (Wildman–Crippen MR) is 71.6 cm³/mol. The van der Waals surface area contributed by atoms with E-state index in [0.717, 1.165) is 0 Å². The Morgan fingerprint density at radius 1 is 1.32 bits per heavy atom. The van der Waals surface area contributed by atoms with E-state index in [1.165, 1.54) is 0 Å². The maximum atomic E-state index is 11.2. The minimum absolute atomic E-state index is 0.00664. The number of hydrogen-bond donors (Lipinski definition) is 1. The number of ether oxygens (including phenoxy) is 1. The highest BCUT2D eigenvalue weighted by Crippen LogP contribution is 2.20. The smallest absolute Gasteiger partial charge is 0.316 e. The van der Waals surface area contributed by atoms with E-state index in [9.17, 15) is 9.90 Å². The molecule has 0 spiro atoms. The summed E-state index contributed by atoms with van der Waals surface area (Å²) >= 11 is 5.83. The number of carboxylic acids is 1. The molecule has 0 radical (unpaired) electrons. The second-order valence-electron chi connectivity index (χ2n) is 3.91. The number of benzene rings is 1. The van der Waals surface area contributed by atoms with Gasteiger partial charge in [0.05, 0.1) is 5.69 Å². The van der Waals surface area contributed by atoms with Gasteiger partial charge in [0.1, 0.15) is 18.3 Å². The molecule has 0 fully saturated rings. The number of carboxylic acid groups (broad SMARTS) is 1. The summed E-state index contributed by atoms with van der Waals surface area (Å²) < 4.78 is 5.46. The number of hydrogen-bond acceptors (Lipinski definition) is 3. The van der Waals surface area contributed by atoms with Gasteiger partial charge in [-0.05, 0) is 30.3 Å². The highest BCUT2D eigenvalue weighted by Gasteiger charge is 2.21. The zero-order chi connectivity index (χ0) is 13.7. The zero-order valence-electron chi connectivity index (χ0n) is 9.99. The molecule has 4 nitrogen and oxygen atoms in total. The molecule has 0 saturated heterocycles. The number of pyridine rings is 1. The molecule has 5 heteroatoms. The molecule has 0 aliphatic carbocycles. The fourth-order valence-corrected chi connectivity index (χ4v) is 1.78. The summed E-state index contributed by atoms with van der Waals surface area (Å²) in [6.45, 7) is 0.00664. The molecule has 0 aliphatic heterocycles. The Labute approximate surface area is 115 Å². The second kappa shape index (κ2) is 6.20. The Morgan fingerprint density at radius 2 is 2.16 bits per heavy atom. The number of aromatic nitrogens is 1. The van der Waals surface area contributed by atoms with Gasteiger partial charge in [-0.15, -0.1) is 0 Å². The molecule has 98 valence electrons. The molecule has 1 heterocycles. The van der Waals surface area contributed by atoms with Crippen LogP contribution < -0.4 is 4.74 Å². The fourth-order valence-electron chi connectivity index (χ4n) is 1.60. The summed E-state index contributed by atoms with van der Waals surface area (Å²) in [5, 5.41) is 9.76. The molecule has 2 rings (SSSR count). The minimum atomic E-state index is -0.972. The standard InChI is InChI=1S/C14H12ClNO3/c15-10-4-3-5-11(8-10)19-9-12(14(17)18)13-6-1-2-7-16-13/h1-8,12H,9H2,(H,17,18). The normalized spacial score (nSPS) is 11.8. The third-order valence-electron chi connectivity index (χ3n) is 2.56. The van der Waals surface area contributed by atoms with Crippen molar-refractivity contribution < 1.29 is 14.6 Å². The molecule has 1 aromatic carbocycles. The molecule has 0 saturated carbocycles. The van der Waals surface area contributed by atoms with Crippen LogP contribution in [0.3, 0.4) is 0 Å². The first-order valence-electron chi connectivity index (χ1n) is 5.69. The van der Waals surface area contributed by atoms with Crippen LogP contribution in [0.25, 0.3) is 0 Å². The average molecular weight is 278 g/mol. The van der Waals surface area contributed by atoms with Crippen molar-refractivity contribution >= 4 is 17.6 Å². The van der Waals surface area contributed by atoms with Crippen LogP contribution in [0.4, 0.5) is 0 Å². The largest absolute Gasteiger partial charge is 0.492 e. The predicted octanol–water partition coefficient (Wildman–Crippen LogP) is 2.98. The molecule has 19 heavy (non-hydrogen) atoms. The van der Waals surface area contributed by atoms with E-state index in [2.05, 4.69) is 4.98 Å². The molecule has 0 aliphatic rings. The maximum absolute atomic E-state index is 11.2. The van der Waals surface area contributed by atoms with Crippen molar-refractivity contribution in [2.24, 2.45) is 0 Å². The number of rotatable bonds is 5.